The molecule has 10 nitrogen and oxygen atoms in total. The van der Waals surface area contributed by atoms with E-state index in [1.54, 1.807) is 18.2 Å². The van der Waals surface area contributed by atoms with Gasteiger partial charge in [0.2, 0.25) is 11.5 Å². The van der Waals surface area contributed by atoms with E-state index in [1.165, 1.54) is 0 Å². The van der Waals surface area contributed by atoms with Gasteiger partial charge in [-0.2, -0.15) is 4.57 Å². The summed E-state index contributed by atoms with van der Waals surface area (Å²) in [5.74, 6) is 0.601. The van der Waals surface area contributed by atoms with Crippen molar-refractivity contribution in [2.24, 2.45) is 0 Å². The Bertz CT molecular complexity index is 1980. The predicted molar refractivity (Wildman–Crippen MR) is 171 cm³/mol. The van der Waals surface area contributed by atoms with Crippen LogP contribution in [0.15, 0.2) is 88.7 Å². The molecule has 0 aliphatic carbocycles. The van der Waals surface area contributed by atoms with Gasteiger partial charge in [-0.15, -0.1) is 0 Å². The molecular weight excluding hydrogens is 663 g/mol. The molecule has 0 N–H and O–H groups in total. The maximum atomic E-state index is 11.4. The molecule has 2 heterocycles. The summed E-state index contributed by atoms with van der Waals surface area (Å²) in [6, 6.07) is 20.9. The molecule has 14 heteroatoms. The van der Waals surface area contributed by atoms with Gasteiger partial charge in [0.25, 0.3) is 5.52 Å². The van der Waals surface area contributed by atoms with E-state index in [2.05, 4.69) is 0 Å². The molecule has 5 rings (SSSR count). The Morgan fingerprint density at radius 2 is 1.63 bits per heavy atom. The van der Waals surface area contributed by atoms with Crippen molar-refractivity contribution >= 4 is 54.7 Å². The van der Waals surface area contributed by atoms with Gasteiger partial charge >= 0.3 is 35.4 Å². The largest absolute Gasteiger partial charge is 1.00 e. The van der Waals surface area contributed by atoms with Crippen LogP contribution in [0.1, 0.15) is 38.5 Å². The molecule has 0 spiro atoms. The van der Waals surface area contributed by atoms with Crippen LogP contribution in [-0.2, 0) is 26.8 Å². The Kier molecular flexibility index (Phi) is 12.2. The number of benzene rings is 3. The summed E-state index contributed by atoms with van der Waals surface area (Å²) in [4.78, 5) is 1.89. The van der Waals surface area contributed by atoms with Gasteiger partial charge in [-0.1, -0.05) is 54.9 Å². The number of ether oxygens (including phenoxy) is 1. The summed E-state index contributed by atoms with van der Waals surface area (Å²) in [5.41, 5.74) is 4.87. The first kappa shape index (κ1) is 36.2. The summed E-state index contributed by atoms with van der Waals surface area (Å²) in [6.07, 6.45) is 5.01. The number of aryl methyl sites for hydroxylation is 1. The van der Waals surface area contributed by atoms with E-state index < -0.39 is 31.7 Å². The fourth-order valence-electron chi connectivity index (χ4n) is 5.17. The van der Waals surface area contributed by atoms with Crippen molar-refractivity contribution in [3.63, 3.8) is 0 Å². The molecule has 0 radical (unpaired) electrons. The average molecular weight is 695 g/mol. The zero-order valence-corrected chi connectivity index (χ0v) is 29.9. The second kappa shape index (κ2) is 15.5. The number of halogens is 1. The molecule has 238 valence electrons. The third kappa shape index (κ3) is 9.45. The van der Waals surface area contributed by atoms with Crippen molar-refractivity contribution in [3.8, 4) is 16.9 Å². The molecule has 1 aromatic heterocycles. The van der Waals surface area contributed by atoms with Gasteiger partial charge in [0.1, 0.15) is 0 Å². The van der Waals surface area contributed by atoms with Crippen LogP contribution >= 0.6 is 11.6 Å². The minimum atomic E-state index is -4.39. The first-order chi connectivity index (χ1) is 21.4. The number of allylic oxidation sites excluding steroid dienone is 2. The van der Waals surface area contributed by atoms with Crippen LogP contribution in [0.2, 0.25) is 5.02 Å². The Balaban J connectivity index is 0.00000480. The van der Waals surface area contributed by atoms with Gasteiger partial charge in [0.05, 0.1) is 32.0 Å². The van der Waals surface area contributed by atoms with Crippen LogP contribution in [-0.4, -0.2) is 44.0 Å². The Labute approximate surface area is 296 Å². The molecule has 0 bridgehead atoms. The molecular formula is C32H32ClN2NaO8S2. The van der Waals surface area contributed by atoms with Crippen molar-refractivity contribution in [3.05, 3.63) is 95.2 Å². The van der Waals surface area contributed by atoms with Crippen molar-refractivity contribution in [1.82, 2.24) is 0 Å². The number of hydrogen-bond donors (Lipinski definition) is 0. The molecule has 0 amide bonds. The van der Waals surface area contributed by atoms with Crippen LogP contribution < -0.4 is 43.8 Å². The molecule has 4 aromatic rings. The molecule has 0 fully saturated rings. The molecule has 3 aromatic carbocycles. The molecule has 1 aliphatic rings. The van der Waals surface area contributed by atoms with E-state index in [0.29, 0.717) is 47.5 Å². The van der Waals surface area contributed by atoms with Gasteiger partial charge in [-0.25, -0.2) is 16.8 Å². The zero-order valence-electron chi connectivity index (χ0n) is 25.5. The summed E-state index contributed by atoms with van der Waals surface area (Å²) < 4.78 is 81.7. The Hall–Kier alpha value is -2.68. The summed E-state index contributed by atoms with van der Waals surface area (Å²) >= 11 is 6.27. The van der Waals surface area contributed by atoms with Crippen LogP contribution in [0, 0.1) is 0 Å². The summed E-state index contributed by atoms with van der Waals surface area (Å²) in [5, 5.41) is 0.510. The smallest absolute Gasteiger partial charge is 0.748 e. The van der Waals surface area contributed by atoms with Gasteiger partial charge in [0, 0.05) is 41.6 Å². The van der Waals surface area contributed by atoms with E-state index in [9.17, 15) is 25.9 Å². The summed E-state index contributed by atoms with van der Waals surface area (Å²) in [6.45, 7) is 2.60. The maximum absolute atomic E-state index is 11.4. The van der Waals surface area contributed by atoms with Crippen molar-refractivity contribution < 1.29 is 69.2 Å². The second-order valence-electron chi connectivity index (χ2n) is 10.6. The number of anilines is 1. The van der Waals surface area contributed by atoms with Gasteiger partial charge in [0.15, 0.2) is 12.3 Å². The first-order valence-electron chi connectivity index (χ1n) is 14.5. The Morgan fingerprint density at radius 1 is 0.913 bits per heavy atom. The van der Waals surface area contributed by atoms with Crippen LogP contribution in [0.25, 0.3) is 28.3 Å². The third-order valence-electron chi connectivity index (χ3n) is 7.36. The van der Waals surface area contributed by atoms with Crippen LogP contribution in [0.4, 0.5) is 5.69 Å². The fourth-order valence-corrected chi connectivity index (χ4v) is 6.38. The minimum Gasteiger partial charge on any atom is -0.748 e. The van der Waals surface area contributed by atoms with Gasteiger partial charge in [-0.3, -0.25) is 0 Å². The van der Waals surface area contributed by atoms with Crippen LogP contribution in [0.3, 0.4) is 0 Å². The number of rotatable bonds is 13. The van der Waals surface area contributed by atoms with Crippen molar-refractivity contribution in [2.75, 3.05) is 23.0 Å². The van der Waals surface area contributed by atoms with Crippen molar-refractivity contribution in [2.45, 2.75) is 39.2 Å². The summed E-state index contributed by atoms with van der Waals surface area (Å²) in [7, 11) is -8.71. The first-order valence-corrected chi connectivity index (χ1v) is 18.0. The normalized spacial score (nSPS) is 14.4. The number of hydrogen-bond acceptors (Lipinski definition) is 9. The van der Waals surface area contributed by atoms with E-state index in [0.717, 1.165) is 27.9 Å². The molecule has 0 unspecified atom stereocenters. The predicted octanol–water partition coefficient (Wildman–Crippen LogP) is 2.84. The topological polar surface area (TPSA) is 144 Å². The molecule has 0 saturated heterocycles. The van der Waals surface area contributed by atoms with Crippen molar-refractivity contribution in [1.29, 1.82) is 0 Å². The number of nitrogens with zero attached hydrogens (tertiary/aromatic N) is 2. The fraction of sp³-hybridized carbons (Fsp3) is 0.281. The standard InChI is InChI=1S/C32H33ClN2O8S2.Na/c1-2-23(19-31-34(15-6-7-17-44(36,37)38)28-22-26(33)12-14-30(28)43-31)20-32-35(16-8-18-45(39,40)41)27-21-25(11-13-29(27)42-32)24-9-4-3-5-10-24;/h3-5,9-14,19-22H,2,6-8,15-18H2,1H3,(H-,36,37,38,39,40,41);/q;+1/p-1. The monoisotopic (exact) mass is 694 g/mol. The maximum Gasteiger partial charge on any atom is 1.00 e. The number of oxazole rings is 1. The Morgan fingerprint density at radius 3 is 2.33 bits per heavy atom. The minimum absolute atomic E-state index is 0. The SMILES string of the molecule is CCC(/C=C1\Oc2ccc(Cl)cc2N1CCCCS(=O)(=O)[O-])=C\c1oc2ccc(-c3ccccc3)cc2[n+]1CCCS(=O)(=O)[O-].[Na+]. The second-order valence-corrected chi connectivity index (χ2v) is 14.1. The van der Waals surface area contributed by atoms with Gasteiger partial charge < -0.3 is 23.2 Å². The molecule has 0 saturated carbocycles. The zero-order chi connectivity index (χ0) is 32.2. The number of unbranched alkanes of at least 4 members (excludes halogenated alkanes) is 1. The molecule has 0 atom stereocenters. The van der Waals surface area contributed by atoms with E-state index in [-0.39, 0.29) is 48.9 Å². The number of aromatic nitrogens is 1. The third-order valence-corrected chi connectivity index (χ3v) is 9.17. The molecule has 46 heavy (non-hydrogen) atoms. The van der Waals surface area contributed by atoms with E-state index >= 15 is 0 Å². The average Bonchev–Trinajstić information content (AvgIpc) is 3.50. The van der Waals surface area contributed by atoms with Crippen LogP contribution in [0.5, 0.6) is 5.75 Å². The van der Waals surface area contributed by atoms with Gasteiger partial charge in [-0.05, 0) is 60.2 Å². The number of fused-ring (bicyclic) bond motifs is 2. The quantitative estimate of drug-likeness (QED) is 0.0893. The van der Waals surface area contributed by atoms with E-state index in [4.69, 9.17) is 20.8 Å². The molecule has 1 aliphatic heterocycles. The van der Waals surface area contributed by atoms with E-state index in [1.807, 2.05) is 77.1 Å².